The zero-order valence-electron chi connectivity index (χ0n) is 18.6. The molecule has 8 nitrogen and oxygen atoms in total. The molecule has 32 heavy (non-hydrogen) atoms. The molecule has 2 N–H and O–H groups in total. The average Bonchev–Trinajstić information content (AvgIpc) is 2.79. The van der Waals surface area contributed by atoms with Crippen LogP contribution in [0.15, 0.2) is 48.5 Å². The number of benzene rings is 2. The molecule has 2 rings (SSSR count). The molecule has 0 aromatic heterocycles. The van der Waals surface area contributed by atoms with Crippen LogP contribution in [0.3, 0.4) is 0 Å². The van der Waals surface area contributed by atoms with Gasteiger partial charge in [0.25, 0.3) is 11.8 Å². The van der Waals surface area contributed by atoms with Crippen molar-refractivity contribution in [3.05, 3.63) is 59.7 Å². The van der Waals surface area contributed by atoms with Gasteiger partial charge in [0.15, 0.2) is 18.1 Å². The topological polar surface area (TPSA) is 103 Å². The molecule has 0 saturated carbocycles. The van der Waals surface area contributed by atoms with Gasteiger partial charge in [0.05, 0.1) is 25.5 Å². The first-order valence-electron chi connectivity index (χ1n) is 10.1. The van der Waals surface area contributed by atoms with Gasteiger partial charge < -0.3 is 24.8 Å². The number of ether oxygens (including phenoxy) is 3. The molecule has 0 fully saturated rings. The second kappa shape index (κ2) is 12.1. The van der Waals surface area contributed by atoms with Crippen molar-refractivity contribution in [3.8, 4) is 11.5 Å². The number of para-hydroxylation sites is 1. The van der Waals surface area contributed by atoms with Crippen LogP contribution in [0.25, 0.3) is 6.08 Å². The van der Waals surface area contributed by atoms with E-state index in [0.717, 1.165) is 0 Å². The lowest BCUT2D eigenvalue weighted by Gasteiger charge is -2.12. The fourth-order valence-electron chi connectivity index (χ4n) is 2.67. The van der Waals surface area contributed by atoms with Crippen molar-refractivity contribution < 1.29 is 28.6 Å². The SMILES string of the molecule is COc1ccc(/C=C/C(=O)OCC(=O)Nc2ccccc2C(=O)NCC(C)C)cc1OC. The maximum absolute atomic E-state index is 12.3. The second-order valence-electron chi connectivity index (χ2n) is 7.25. The number of nitrogens with one attached hydrogen (secondary N) is 2. The minimum absolute atomic E-state index is 0.288. The van der Waals surface area contributed by atoms with E-state index in [1.165, 1.54) is 26.4 Å². The van der Waals surface area contributed by atoms with Crippen LogP contribution in [0.5, 0.6) is 11.5 Å². The summed E-state index contributed by atoms with van der Waals surface area (Å²) in [6.07, 6.45) is 2.75. The second-order valence-corrected chi connectivity index (χ2v) is 7.25. The average molecular weight is 440 g/mol. The van der Waals surface area contributed by atoms with Gasteiger partial charge in [0, 0.05) is 12.6 Å². The van der Waals surface area contributed by atoms with E-state index in [2.05, 4.69) is 10.6 Å². The monoisotopic (exact) mass is 440 g/mol. The Labute approximate surface area is 187 Å². The molecule has 2 aromatic carbocycles. The summed E-state index contributed by atoms with van der Waals surface area (Å²) in [5.41, 5.74) is 1.38. The number of rotatable bonds is 10. The lowest BCUT2D eigenvalue weighted by Crippen LogP contribution is -2.29. The van der Waals surface area contributed by atoms with E-state index in [9.17, 15) is 14.4 Å². The molecule has 0 aliphatic heterocycles. The number of carbonyl (C=O) groups excluding carboxylic acids is 3. The lowest BCUT2D eigenvalue weighted by atomic mass is 10.1. The highest BCUT2D eigenvalue weighted by atomic mass is 16.5. The van der Waals surface area contributed by atoms with Crippen LogP contribution in [0.1, 0.15) is 29.8 Å². The number of amides is 2. The molecule has 0 aliphatic rings. The van der Waals surface area contributed by atoms with Crippen LogP contribution in [-0.2, 0) is 14.3 Å². The standard InChI is InChI=1S/C24H28N2O6/c1-16(2)14-25-24(29)18-7-5-6-8-19(18)26-22(27)15-32-23(28)12-10-17-9-11-20(30-3)21(13-17)31-4/h5-13,16H,14-15H2,1-4H3,(H,25,29)(H,26,27)/b12-10+. The number of carbonyl (C=O) groups is 3. The van der Waals surface area contributed by atoms with E-state index in [-0.39, 0.29) is 5.91 Å². The molecular weight excluding hydrogens is 412 g/mol. The maximum Gasteiger partial charge on any atom is 0.331 e. The van der Waals surface area contributed by atoms with Crippen LogP contribution in [-0.4, -0.2) is 45.2 Å². The minimum atomic E-state index is -0.683. The molecule has 0 aliphatic carbocycles. The highest BCUT2D eigenvalue weighted by Crippen LogP contribution is 2.27. The summed E-state index contributed by atoms with van der Waals surface area (Å²) in [7, 11) is 3.05. The zero-order chi connectivity index (χ0) is 23.5. The molecule has 0 atom stereocenters. The Morgan fingerprint density at radius 2 is 1.72 bits per heavy atom. The third-order valence-electron chi connectivity index (χ3n) is 4.28. The van der Waals surface area contributed by atoms with Gasteiger partial charge in [-0.05, 0) is 41.8 Å². The van der Waals surface area contributed by atoms with E-state index >= 15 is 0 Å². The van der Waals surface area contributed by atoms with Gasteiger partial charge in [-0.1, -0.05) is 32.0 Å². The van der Waals surface area contributed by atoms with E-state index < -0.39 is 18.5 Å². The van der Waals surface area contributed by atoms with Crippen molar-refractivity contribution in [3.63, 3.8) is 0 Å². The fraction of sp³-hybridized carbons (Fsp3) is 0.292. The number of methoxy groups -OCH3 is 2. The quantitative estimate of drug-likeness (QED) is 0.434. The van der Waals surface area contributed by atoms with Crippen LogP contribution in [0, 0.1) is 5.92 Å². The van der Waals surface area contributed by atoms with Crippen molar-refractivity contribution in [2.24, 2.45) is 5.92 Å². The molecule has 0 heterocycles. The van der Waals surface area contributed by atoms with Crippen LogP contribution in [0.2, 0.25) is 0 Å². The van der Waals surface area contributed by atoms with Crippen LogP contribution < -0.4 is 20.1 Å². The molecule has 0 radical (unpaired) electrons. The molecule has 0 spiro atoms. The van der Waals surface area contributed by atoms with Crippen molar-refractivity contribution in [2.75, 3.05) is 32.7 Å². The summed E-state index contributed by atoms with van der Waals surface area (Å²) in [5.74, 6) is -0.128. The highest BCUT2D eigenvalue weighted by Gasteiger charge is 2.14. The van der Waals surface area contributed by atoms with Crippen molar-refractivity contribution in [1.82, 2.24) is 5.32 Å². The largest absolute Gasteiger partial charge is 0.493 e. The summed E-state index contributed by atoms with van der Waals surface area (Å²) in [6.45, 7) is 4.01. The Morgan fingerprint density at radius 3 is 2.41 bits per heavy atom. The molecule has 0 bridgehead atoms. The van der Waals surface area contributed by atoms with Gasteiger partial charge in [0.2, 0.25) is 0 Å². The van der Waals surface area contributed by atoms with Crippen molar-refractivity contribution in [1.29, 1.82) is 0 Å². The first-order chi connectivity index (χ1) is 15.3. The van der Waals surface area contributed by atoms with Crippen LogP contribution in [0.4, 0.5) is 5.69 Å². The summed E-state index contributed by atoms with van der Waals surface area (Å²) in [6, 6.07) is 11.8. The van der Waals surface area contributed by atoms with Gasteiger partial charge >= 0.3 is 5.97 Å². The molecule has 0 unspecified atom stereocenters. The highest BCUT2D eigenvalue weighted by molar-refractivity contribution is 6.04. The van der Waals surface area contributed by atoms with Gasteiger partial charge in [-0.3, -0.25) is 9.59 Å². The number of hydrogen-bond donors (Lipinski definition) is 2. The molecule has 2 amide bonds. The third kappa shape index (κ3) is 7.46. The van der Waals surface area contributed by atoms with Crippen molar-refractivity contribution in [2.45, 2.75) is 13.8 Å². The Kier molecular flexibility index (Phi) is 9.28. The number of hydrogen-bond acceptors (Lipinski definition) is 6. The maximum atomic E-state index is 12.3. The van der Waals surface area contributed by atoms with E-state index in [0.29, 0.717) is 40.8 Å². The zero-order valence-corrected chi connectivity index (χ0v) is 18.6. The molecule has 170 valence electrons. The van der Waals surface area contributed by atoms with E-state index in [1.807, 2.05) is 13.8 Å². The molecule has 8 heteroatoms. The normalized spacial score (nSPS) is 10.7. The summed E-state index contributed by atoms with van der Waals surface area (Å²) in [5, 5.41) is 5.41. The summed E-state index contributed by atoms with van der Waals surface area (Å²) < 4.78 is 15.4. The summed E-state index contributed by atoms with van der Waals surface area (Å²) in [4.78, 5) is 36.5. The van der Waals surface area contributed by atoms with Gasteiger partial charge in [-0.25, -0.2) is 4.79 Å². The van der Waals surface area contributed by atoms with Gasteiger partial charge in [-0.2, -0.15) is 0 Å². The summed E-state index contributed by atoms with van der Waals surface area (Å²) >= 11 is 0. The van der Waals surface area contributed by atoms with E-state index in [1.54, 1.807) is 42.5 Å². The van der Waals surface area contributed by atoms with E-state index in [4.69, 9.17) is 14.2 Å². The predicted octanol–water partition coefficient (Wildman–Crippen LogP) is 3.28. The first-order valence-corrected chi connectivity index (χ1v) is 10.1. The molecule has 0 saturated heterocycles. The Morgan fingerprint density at radius 1 is 1.00 bits per heavy atom. The van der Waals surface area contributed by atoms with Crippen LogP contribution >= 0.6 is 0 Å². The first kappa shape index (κ1) is 24.5. The fourth-order valence-corrected chi connectivity index (χ4v) is 2.67. The predicted molar refractivity (Wildman–Crippen MR) is 122 cm³/mol. The minimum Gasteiger partial charge on any atom is -0.493 e. The Hall–Kier alpha value is -3.81. The number of anilines is 1. The van der Waals surface area contributed by atoms with Gasteiger partial charge in [-0.15, -0.1) is 0 Å². The molecular formula is C24H28N2O6. The smallest absolute Gasteiger partial charge is 0.331 e. The third-order valence-corrected chi connectivity index (χ3v) is 4.28. The number of esters is 1. The molecule has 2 aromatic rings. The Bertz CT molecular complexity index is 984. The van der Waals surface area contributed by atoms with Gasteiger partial charge in [0.1, 0.15) is 0 Å². The Balaban J connectivity index is 1.91. The van der Waals surface area contributed by atoms with Crippen molar-refractivity contribution >= 4 is 29.5 Å². The lowest BCUT2D eigenvalue weighted by molar-refractivity contribution is -0.142.